The predicted octanol–water partition coefficient (Wildman–Crippen LogP) is 0.807. The van der Waals surface area contributed by atoms with Crippen LogP contribution >= 0.6 is 27.4 Å². The summed E-state index contributed by atoms with van der Waals surface area (Å²) in [5, 5.41) is 17.1. The first-order valence-electron chi connectivity index (χ1n) is 22.3. The molecule has 3 saturated heterocycles. The molecule has 3 aromatic rings. The number of amides is 3. The number of nitrogens with zero attached hydrogens (tertiary/aromatic N) is 7. The van der Waals surface area contributed by atoms with E-state index < -0.39 is 125 Å². The number of aromatic nitrogens is 6. The van der Waals surface area contributed by atoms with Crippen molar-refractivity contribution in [1.29, 1.82) is 0 Å². The van der Waals surface area contributed by atoms with Gasteiger partial charge in [-0.2, -0.15) is 4.98 Å². The highest BCUT2D eigenvalue weighted by molar-refractivity contribution is 7.99. The number of hydrogen-bond donors (Lipinski definition) is 8. The first-order valence-corrected chi connectivity index (χ1v) is 26.4. The Bertz CT molecular complexity index is 2590. The number of carbonyl (C=O) groups is 4. The lowest BCUT2D eigenvalue weighted by Crippen LogP contribution is -2.49. The number of aliphatic hydroxyl groups is 1. The van der Waals surface area contributed by atoms with E-state index in [0.717, 1.165) is 10.9 Å². The molecule has 3 aromatic heterocycles. The average molecular weight is 1080 g/mol. The van der Waals surface area contributed by atoms with Crippen LogP contribution in [0.4, 0.5) is 21.2 Å². The Hall–Kier alpha value is -5.04. The van der Waals surface area contributed by atoms with Gasteiger partial charge in [-0.3, -0.25) is 32.4 Å². The highest BCUT2D eigenvalue weighted by Crippen LogP contribution is 2.50. The van der Waals surface area contributed by atoms with Gasteiger partial charge in [-0.1, -0.05) is 0 Å². The first-order chi connectivity index (χ1) is 33.6. The van der Waals surface area contributed by atoms with Crippen LogP contribution in [0.1, 0.15) is 79.7 Å². The number of nitrogen functional groups attached to an aromatic ring is 2. The molecule has 0 saturated carbocycles. The Morgan fingerprint density at radius 1 is 0.958 bits per heavy atom. The fraction of sp³-hybridized carbons (Fsp3) is 0.667. The molecular weight excluding hydrogens is 1020 g/mol. The summed E-state index contributed by atoms with van der Waals surface area (Å²) < 4.78 is 71.3. The maximum absolute atomic E-state index is 14.2. The summed E-state index contributed by atoms with van der Waals surface area (Å²) >= 11 is 1.39. The number of fused-ring (bicyclic) bond motifs is 1. The molecule has 0 aromatic carbocycles. The Labute approximate surface area is 414 Å². The normalized spacial score (nSPS) is 24.9. The minimum Gasteiger partial charge on any atom is -0.455 e. The van der Waals surface area contributed by atoms with Crippen LogP contribution in [0.3, 0.4) is 0 Å². The van der Waals surface area contributed by atoms with Gasteiger partial charge >= 0.3 is 39.5 Å². The third-order valence-corrected chi connectivity index (χ3v) is 13.2. The monoisotopic (exact) mass is 1080 g/mol. The number of thioether (sulfide) groups is 1. The van der Waals surface area contributed by atoms with Crippen LogP contribution in [0.25, 0.3) is 11.2 Å². The highest BCUT2D eigenvalue weighted by Gasteiger charge is 2.50. The summed E-state index contributed by atoms with van der Waals surface area (Å²) in [6.07, 6.45) is -8.94. The molecule has 2 unspecified atom stereocenters. The summed E-state index contributed by atoms with van der Waals surface area (Å²) in [6, 6.07) is -0.961. The van der Waals surface area contributed by atoms with E-state index in [-0.39, 0.29) is 60.9 Å². The van der Waals surface area contributed by atoms with Crippen LogP contribution in [0.5, 0.6) is 0 Å². The zero-order chi connectivity index (χ0) is 52.9. The third kappa shape index (κ3) is 15.3. The summed E-state index contributed by atoms with van der Waals surface area (Å²) in [7, 11) is -10.4. The van der Waals surface area contributed by atoms with Gasteiger partial charge in [-0.05, 0) is 66.9 Å². The van der Waals surface area contributed by atoms with E-state index in [4.69, 9.17) is 44.2 Å². The minimum atomic E-state index is -5.29. The van der Waals surface area contributed by atoms with Gasteiger partial charge in [0.25, 0.3) is 0 Å². The molecule has 3 aliphatic heterocycles. The molecule has 10 atom stereocenters. The van der Waals surface area contributed by atoms with Gasteiger partial charge < -0.3 is 65.6 Å². The summed E-state index contributed by atoms with van der Waals surface area (Å²) in [5.41, 5.74) is 9.11. The molecule has 0 aliphatic carbocycles. The van der Waals surface area contributed by atoms with E-state index in [1.807, 2.05) is 0 Å². The number of ether oxygens (including phenoxy) is 5. The Kier molecular flexibility index (Phi) is 18.0. The van der Waals surface area contributed by atoms with Gasteiger partial charge in [0.1, 0.15) is 71.6 Å². The second kappa shape index (κ2) is 23.0. The lowest BCUT2D eigenvalue weighted by molar-refractivity contribution is -0.159. The second-order valence-corrected chi connectivity index (χ2v) is 22.2. The Morgan fingerprint density at radius 2 is 1.67 bits per heavy atom. The number of esters is 1. The minimum absolute atomic E-state index is 0.0245. The summed E-state index contributed by atoms with van der Waals surface area (Å²) in [6.45, 7) is 8.23. The molecule has 400 valence electrons. The molecule has 3 fully saturated rings. The molecule has 3 amide bonds. The highest BCUT2D eigenvalue weighted by atomic mass is 32.2. The molecule has 72 heavy (non-hydrogen) atoms. The SMILES string of the molecule is CC(C)(C)OC(=O)N[C@@H](CCCCNC(=O)C1CSCN1C(=O)OC(C)(C)C)C(=O)O[C@H]1[C@@H](O)[C@H](n2cnc3c(N)ncnc32)O[C@@H]1COP(=O)(O)O[C@H]1C[C@H](n2ccc(N)nc2=O)O[C@@H]1COP(=O)(O)O. The number of nitrogens with two attached hydrogens (primary N) is 2. The fourth-order valence-electron chi connectivity index (χ4n) is 7.48. The Balaban J connectivity index is 1.17. The molecule has 30 nitrogen and oxygen atoms in total. The largest absolute Gasteiger partial charge is 0.472 e. The van der Waals surface area contributed by atoms with Gasteiger partial charge in [0.05, 0.1) is 25.4 Å². The molecule has 10 N–H and O–H groups in total. The molecule has 33 heteroatoms. The predicted molar refractivity (Wildman–Crippen MR) is 249 cm³/mol. The van der Waals surface area contributed by atoms with Gasteiger partial charge in [0.2, 0.25) is 5.91 Å². The van der Waals surface area contributed by atoms with E-state index in [0.29, 0.717) is 5.75 Å². The lowest BCUT2D eigenvalue weighted by Gasteiger charge is -2.27. The zero-order valence-electron chi connectivity index (χ0n) is 39.9. The number of nitrogens with one attached hydrogen (secondary N) is 2. The Morgan fingerprint density at radius 3 is 2.35 bits per heavy atom. The number of phosphoric ester groups is 2. The number of hydrogen-bond acceptors (Lipinski definition) is 23. The van der Waals surface area contributed by atoms with Gasteiger partial charge in [0, 0.05) is 24.9 Å². The third-order valence-electron chi connectivity index (χ3n) is 10.6. The number of rotatable bonds is 19. The summed E-state index contributed by atoms with van der Waals surface area (Å²) in [5.74, 6) is -1.05. The second-order valence-electron chi connectivity index (χ2n) is 18.6. The van der Waals surface area contributed by atoms with E-state index in [9.17, 15) is 52.9 Å². The average Bonchev–Trinajstić information content (AvgIpc) is 4.07. The number of anilines is 2. The molecule has 0 spiro atoms. The van der Waals surface area contributed by atoms with Crippen molar-refractivity contribution in [2.24, 2.45) is 0 Å². The van der Waals surface area contributed by atoms with Crippen molar-refractivity contribution in [2.45, 2.75) is 133 Å². The number of carbonyl (C=O) groups excluding carboxylic acids is 4. The van der Waals surface area contributed by atoms with Crippen molar-refractivity contribution in [3.05, 3.63) is 35.4 Å². The first kappa shape index (κ1) is 56.3. The van der Waals surface area contributed by atoms with Crippen LogP contribution in [-0.4, -0.2) is 163 Å². The zero-order valence-corrected chi connectivity index (χ0v) is 42.5. The summed E-state index contributed by atoms with van der Waals surface area (Å²) in [4.78, 5) is 113. The van der Waals surface area contributed by atoms with Crippen molar-refractivity contribution in [1.82, 2.24) is 44.6 Å². The molecular formula is C39H59N11O19P2S. The van der Waals surface area contributed by atoms with Gasteiger partial charge in [0.15, 0.2) is 23.8 Å². The van der Waals surface area contributed by atoms with Crippen molar-refractivity contribution >= 4 is 74.3 Å². The number of imidazole rings is 1. The van der Waals surface area contributed by atoms with E-state index in [2.05, 4.69) is 35.1 Å². The van der Waals surface area contributed by atoms with E-state index >= 15 is 0 Å². The van der Waals surface area contributed by atoms with Crippen molar-refractivity contribution in [2.75, 3.05) is 42.9 Å². The maximum Gasteiger partial charge on any atom is 0.472 e. The standard InChI is InChI=1S/C39H59N11O19P2S/c1-38(2,3)67-36(55)46-20(9-7-8-11-42-32(52)21-16-72-19-50(21)37(56)68-39(4,5)6)34(53)66-29-24(65-33(28(29)51)49-18-45-27-30(41)43-17-44-31(27)49)15-63-71(60,61)69-22-13-26(48-12-10-25(40)47-35(48)54)64-23(22)14-62-70(57,58)59/h10,12,17-18,20-24,26,28-29,33,51H,7-9,11,13-16,19H2,1-6H3,(H,42,52)(H,46,55)(H,60,61)(H2,40,47,54)(H2,41,43,44)(H2,57,58,59)/t20-,21?,22-,23+,24+,26+,28+,29+,33+/m0/s1. The van der Waals surface area contributed by atoms with Crippen LogP contribution in [0.2, 0.25) is 0 Å². The van der Waals surface area contributed by atoms with Crippen LogP contribution in [-0.2, 0) is 56.0 Å². The maximum atomic E-state index is 14.2. The molecule has 6 rings (SSSR count). The molecule has 0 radical (unpaired) electrons. The van der Waals surface area contributed by atoms with E-state index in [1.54, 1.807) is 41.5 Å². The smallest absolute Gasteiger partial charge is 0.455 e. The van der Waals surface area contributed by atoms with Crippen molar-refractivity contribution in [3.63, 3.8) is 0 Å². The number of aliphatic hydroxyl groups excluding tert-OH is 1. The molecule has 3 aliphatic rings. The van der Waals surface area contributed by atoms with Crippen molar-refractivity contribution in [3.8, 4) is 0 Å². The lowest BCUT2D eigenvalue weighted by atomic mass is 10.1. The van der Waals surface area contributed by atoms with Crippen molar-refractivity contribution < 1.29 is 85.4 Å². The van der Waals surface area contributed by atoms with Gasteiger partial charge in [-0.15, -0.1) is 11.8 Å². The van der Waals surface area contributed by atoms with E-state index in [1.165, 1.54) is 39.8 Å². The molecule has 0 bridgehead atoms. The van der Waals surface area contributed by atoms with Crippen LogP contribution < -0.4 is 27.8 Å². The number of unbranched alkanes of at least 4 members (excludes halogenated alkanes) is 1. The fourth-order valence-corrected chi connectivity index (χ4v) is 9.92. The van der Waals surface area contributed by atoms with Crippen LogP contribution in [0.15, 0.2) is 29.7 Å². The van der Waals surface area contributed by atoms with Gasteiger partial charge in [-0.25, -0.2) is 43.3 Å². The quantitative estimate of drug-likeness (QED) is 0.0356. The topological polar surface area (TPSA) is 415 Å². The number of alkyl carbamates (subject to hydrolysis) is 1. The van der Waals surface area contributed by atoms with Crippen LogP contribution in [0, 0.1) is 0 Å². The number of phosphoric acid groups is 2. The molecule has 6 heterocycles.